The number of methoxy groups -OCH3 is 1. The van der Waals surface area contributed by atoms with Gasteiger partial charge in [0.15, 0.2) is 0 Å². The second kappa shape index (κ2) is 11.1. The van der Waals surface area contributed by atoms with Gasteiger partial charge in [-0.1, -0.05) is 73.0 Å². The average Bonchev–Trinajstić information content (AvgIpc) is 3.17. The minimum Gasteiger partial charge on any atom is -0.496 e. The number of likely N-dealkylation sites (tertiary alicyclic amines) is 1. The lowest BCUT2D eigenvalue weighted by molar-refractivity contribution is 0.0758. The number of hydrogen-bond donors (Lipinski definition) is 1. The number of carbonyl (C=O) groups excluding carboxylic acids is 1. The molecule has 1 fully saturated rings. The van der Waals surface area contributed by atoms with Crippen molar-refractivity contribution in [2.75, 3.05) is 20.2 Å². The lowest BCUT2D eigenvalue weighted by Crippen LogP contribution is -2.33. The fourth-order valence-corrected chi connectivity index (χ4v) is 5.66. The molecule has 6 nitrogen and oxygen atoms in total. The smallest absolute Gasteiger partial charge is 0.257 e. The average molecular weight is 493 g/mol. The van der Waals surface area contributed by atoms with Crippen molar-refractivity contribution in [2.45, 2.75) is 43.5 Å². The Hall–Kier alpha value is -3.16. The zero-order valence-electron chi connectivity index (χ0n) is 20.2. The Kier molecular flexibility index (Phi) is 7.88. The third kappa shape index (κ3) is 5.92. The molecule has 4 rings (SSSR count). The van der Waals surface area contributed by atoms with Gasteiger partial charge in [-0.25, -0.2) is 8.42 Å². The first-order valence-corrected chi connectivity index (χ1v) is 13.5. The first-order valence-electron chi connectivity index (χ1n) is 12.0. The van der Waals surface area contributed by atoms with Crippen molar-refractivity contribution < 1.29 is 17.9 Å². The van der Waals surface area contributed by atoms with E-state index in [1.54, 1.807) is 11.0 Å². The van der Waals surface area contributed by atoms with Gasteiger partial charge >= 0.3 is 0 Å². The monoisotopic (exact) mass is 492 g/mol. The number of rotatable bonds is 7. The van der Waals surface area contributed by atoms with E-state index in [4.69, 9.17) is 4.74 Å². The number of nitrogens with zero attached hydrogens (tertiary/aromatic N) is 1. The van der Waals surface area contributed by atoms with Crippen LogP contribution >= 0.6 is 0 Å². The van der Waals surface area contributed by atoms with E-state index in [1.807, 2.05) is 61.5 Å². The molecule has 184 valence electrons. The van der Waals surface area contributed by atoms with Gasteiger partial charge in [0.2, 0.25) is 10.0 Å². The number of ether oxygens (including phenoxy) is 1. The molecule has 3 aromatic rings. The predicted molar refractivity (Wildman–Crippen MR) is 137 cm³/mol. The molecule has 1 heterocycles. The fourth-order valence-electron chi connectivity index (χ4n) is 4.42. The van der Waals surface area contributed by atoms with Crippen molar-refractivity contribution in [3.63, 3.8) is 0 Å². The van der Waals surface area contributed by atoms with Gasteiger partial charge in [0.25, 0.3) is 5.91 Å². The van der Waals surface area contributed by atoms with E-state index >= 15 is 0 Å². The first-order chi connectivity index (χ1) is 16.9. The zero-order valence-corrected chi connectivity index (χ0v) is 21.1. The van der Waals surface area contributed by atoms with Gasteiger partial charge in [0.05, 0.1) is 23.6 Å². The highest BCUT2D eigenvalue weighted by Crippen LogP contribution is 2.28. The van der Waals surface area contributed by atoms with Crippen molar-refractivity contribution in [3.05, 3.63) is 95.1 Å². The molecule has 1 unspecified atom stereocenters. The number of carbonyl (C=O) groups is 1. The van der Waals surface area contributed by atoms with Crippen LogP contribution < -0.4 is 9.46 Å². The van der Waals surface area contributed by atoms with Crippen LogP contribution in [0.2, 0.25) is 0 Å². The van der Waals surface area contributed by atoms with Crippen molar-refractivity contribution >= 4 is 15.9 Å². The Bertz CT molecular complexity index is 1250. The van der Waals surface area contributed by atoms with Crippen molar-refractivity contribution in [1.29, 1.82) is 0 Å². The molecule has 1 saturated heterocycles. The van der Waals surface area contributed by atoms with Crippen molar-refractivity contribution in [1.82, 2.24) is 9.62 Å². The third-order valence-electron chi connectivity index (χ3n) is 6.42. The van der Waals surface area contributed by atoms with E-state index in [0.29, 0.717) is 18.8 Å². The Morgan fingerprint density at radius 1 is 0.886 bits per heavy atom. The maximum absolute atomic E-state index is 13.6. The molecule has 0 aromatic heterocycles. The fraction of sp³-hybridized carbons (Fsp3) is 0.321. The minimum absolute atomic E-state index is 0.0320. The van der Waals surface area contributed by atoms with Crippen LogP contribution in [0, 0.1) is 6.92 Å². The summed E-state index contributed by atoms with van der Waals surface area (Å²) in [6.07, 6.45) is 4.09. The summed E-state index contributed by atoms with van der Waals surface area (Å²) in [5.74, 6) is 0.176. The van der Waals surface area contributed by atoms with Crippen LogP contribution in [0.25, 0.3) is 0 Å². The molecule has 35 heavy (non-hydrogen) atoms. The Labute approximate surface area is 208 Å². The molecule has 1 aliphatic rings. The molecule has 0 bridgehead atoms. The maximum atomic E-state index is 13.6. The van der Waals surface area contributed by atoms with Gasteiger partial charge in [0, 0.05) is 13.1 Å². The van der Waals surface area contributed by atoms with Crippen LogP contribution in [-0.2, 0) is 10.0 Å². The van der Waals surface area contributed by atoms with E-state index in [-0.39, 0.29) is 16.4 Å². The number of benzene rings is 3. The van der Waals surface area contributed by atoms with Gasteiger partial charge in [-0.05, 0) is 49.1 Å². The molecule has 3 aromatic carbocycles. The molecule has 1 aliphatic heterocycles. The molecule has 0 spiro atoms. The molecular formula is C28H32N2O4S. The van der Waals surface area contributed by atoms with Gasteiger partial charge in [-0.2, -0.15) is 4.72 Å². The maximum Gasteiger partial charge on any atom is 0.257 e. The van der Waals surface area contributed by atoms with Crippen molar-refractivity contribution in [3.8, 4) is 5.75 Å². The number of sulfonamides is 1. The van der Waals surface area contributed by atoms with E-state index in [2.05, 4.69) is 4.72 Å². The summed E-state index contributed by atoms with van der Waals surface area (Å²) in [6.45, 7) is 3.33. The summed E-state index contributed by atoms with van der Waals surface area (Å²) in [6, 6.07) is 21.2. The topological polar surface area (TPSA) is 75.7 Å². The third-order valence-corrected chi connectivity index (χ3v) is 7.84. The van der Waals surface area contributed by atoms with E-state index < -0.39 is 16.1 Å². The SMILES string of the molecule is COc1ccc(S(=O)(=O)NC(c2ccccc2)c2ccc(C)cc2)cc1C(=O)N1CCCCCC1. The van der Waals surface area contributed by atoms with E-state index in [9.17, 15) is 13.2 Å². The molecule has 0 saturated carbocycles. The van der Waals surface area contributed by atoms with Crippen LogP contribution in [0.15, 0.2) is 77.7 Å². The highest BCUT2D eigenvalue weighted by atomic mass is 32.2. The molecule has 1 atom stereocenters. The van der Waals surface area contributed by atoms with E-state index in [1.165, 1.54) is 19.2 Å². The molecule has 7 heteroatoms. The van der Waals surface area contributed by atoms with Crippen LogP contribution in [0.1, 0.15) is 58.8 Å². The lowest BCUT2D eigenvalue weighted by Gasteiger charge is -2.23. The Morgan fingerprint density at radius 2 is 1.51 bits per heavy atom. The normalized spacial score (nSPS) is 15.3. The number of hydrogen-bond acceptors (Lipinski definition) is 4. The molecule has 1 N–H and O–H groups in total. The Balaban J connectivity index is 1.69. The quantitative estimate of drug-likeness (QED) is 0.499. The van der Waals surface area contributed by atoms with Gasteiger partial charge in [0.1, 0.15) is 5.75 Å². The summed E-state index contributed by atoms with van der Waals surface area (Å²) in [7, 11) is -2.47. The lowest BCUT2D eigenvalue weighted by atomic mass is 9.99. The van der Waals surface area contributed by atoms with Crippen LogP contribution in [0.4, 0.5) is 0 Å². The summed E-state index contributed by atoms with van der Waals surface area (Å²) >= 11 is 0. The molecular weight excluding hydrogens is 460 g/mol. The molecule has 0 radical (unpaired) electrons. The molecule has 0 aliphatic carbocycles. The highest BCUT2D eigenvalue weighted by molar-refractivity contribution is 7.89. The van der Waals surface area contributed by atoms with Crippen molar-refractivity contribution in [2.24, 2.45) is 0 Å². The zero-order chi connectivity index (χ0) is 24.8. The van der Waals surface area contributed by atoms with E-state index in [0.717, 1.165) is 42.4 Å². The predicted octanol–water partition coefficient (Wildman–Crippen LogP) is 5.09. The van der Waals surface area contributed by atoms with Gasteiger partial charge in [-0.15, -0.1) is 0 Å². The van der Waals surface area contributed by atoms with Crippen LogP contribution in [0.5, 0.6) is 5.75 Å². The number of aryl methyl sites for hydroxylation is 1. The summed E-state index contributed by atoms with van der Waals surface area (Å²) in [4.78, 5) is 15.2. The largest absolute Gasteiger partial charge is 0.496 e. The number of amides is 1. The first kappa shape index (κ1) is 24.9. The van der Waals surface area contributed by atoms with Gasteiger partial charge < -0.3 is 9.64 Å². The second-order valence-electron chi connectivity index (χ2n) is 8.94. The summed E-state index contributed by atoms with van der Waals surface area (Å²) in [5, 5.41) is 0. The van der Waals surface area contributed by atoms with Gasteiger partial charge in [-0.3, -0.25) is 4.79 Å². The summed E-state index contributed by atoms with van der Waals surface area (Å²) in [5.41, 5.74) is 3.02. The second-order valence-corrected chi connectivity index (χ2v) is 10.7. The summed E-state index contributed by atoms with van der Waals surface area (Å²) < 4.78 is 35.5. The molecule has 1 amide bonds. The minimum atomic E-state index is -3.96. The number of nitrogens with one attached hydrogen (secondary N) is 1. The van der Waals surface area contributed by atoms with Crippen LogP contribution in [0.3, 0.4) is 0 Å². The highest BCUT2D eigenvalue weighted by Gasteiger charge is 2.27. The Morgan fingerprint density at radius 3 is 2.14 bits per heavy atom. The van der Waals surface area contributed by atoms with Crippen LogP contribution in [-0.4, -0.2) is 39.4 Å². The standard InChI is InChI=1S/C28H32N2O4S/c1-21-12-14-23(15-13-21)27(22-10-6-5-7-11-22)29-35(32,33)24-16-17-26(34-2)25(20-24)28(31)30-18-8-3-4-9-19-30/h5-7,10-17,20,27,29H,3-4,8-9,18-19H2,1-2H3.